The molecule has 0 atom stereocenters. The Morgan fingerprint density at radius 2 is 2.05 bits per heavy atom. The van der Waals surface area contributed by atoms with Gasteiger partial charge < -0.3 is 9.63 Å². The number of aromatic nitrogens is 2. The lowest BCUT2D eigenvalue weighted by Crippen LogP contribution is -2.41. The van der Waals surface area contributed by atoms with E-state index in [1.54, 1.807) is 0 Å². The number of aliphatic hydroxyl groups excluding tert-OH is 1. The van der Waals surface area contributed by atoms with E-state index in [9.17, 15) is 5.11 Å². The van der Waals surface area contributed by atoms with Gasteiger partial charge in [0.05, 0.1) is 6.54 Å². The molecule has 1 saturated heterocycles. The Balaban J connectivity index is 1.81. The molecule has 0 amide bonds. The fourth-order valence-corrected chi connectivity index (χ4v) is 2.87. The van der Waals surface area contributed by atoms with Gasteiger partial charge >= 0.3 is 0 Å². The summed E-state index contributed by atoms with van der Waals surface area (Å²) in [4.78, 5) is 6.83. The first-order chi connectivity index (χ1) is 10.1. The molecule has 1 aromatic rings. The average Bonchev–Trinajstić information content (AvgIpc) is 2.94. The number of nitrogens with zero attached hydrogens (tertiary/aromatic N) is 3. The van der Waals surface area contributed by atoms with Gasteiger partial charge in [-0.2, -0.15) is 4.98 Å². The van der Waals surface area contributed by atoms with Crippen LogP contribution in [0.4, 0.5) is 0 Å². The third kappa shape index (κ3) is 4.51. The second-order valence-electron chi connectivity index (χ2n) is 6.82. The van der Waals surface area contributed by atoms with E-state index in [0.29, 0.717) is 12.5 Å². The Hall–Kier alpha value is -0.940. The third-order valence-electron chi connectivity index (χ3n) is 4.82. The van der Waals surface area contributed by atoms with Crippen molar-refractivity contribution in [3.8, 4) is 0 Å². The number of rotatable bonds is 7. The minimum atomic E-state index is 0.133. The van der Waals surface area contributed by atoms with E-state index in [1.165, 1.54) is 0 Å². The molecule has 0 unspecified atom stereocenters. The number of aliphatic hydroxyl groups is 1. The van der Waals surface area contributed by atoms with Crippen LogP contribution >= 0.6 is 0 Å². The quantitative estimate of drug-likeness (QED) is 0.838. The largest absolute Gasteiger partial charge is 0.396 e. The zero-order valence-electron chi connectivity index (χ0n) is 13.6. The van der Waals surface area contributed by atoms with Gasteiger partial charge in [0.2, 0.25) is 5.89 Å². The van der Waals surface area contributed by atoms with E-state index >= 15 is 0 Å². The molecule has 1 N–H and O–H groups in total. The van der Waals surface area contributed by atoms with Crippen molar-refractivity contribution in [3.05, 3.63) is 11.7 Å². The van der Waals surface area contributed by atoms with Gasteiger partial charge in [0.25, 0.3) is 0 Å². The maximum absolute atomic E-state index is 9.57. The van der Waals surface area contributed by atoms with Crippen LogP contribution in [0.3, 0.4) is 0 Å². The molecule has 0 radical (unpaired) electrons. The second-order valence-corrected chi connectivity index (χ2v) is 6.82. The zero-order chi connectivity index (χ0) is 15.3. The summed E-state index contributed by atoms with van der Waals surface area (Å²) in [5.74, 6) is 2.21. The molecule has 0 spiro atoms. The number of hydrogen-bond acceptors (Lipinski definition) is 5. The summed E-state index contributed by atoms with van der Waals surface area (Å²) in [6, 6.07) is 0. The Labute approximate surface area is 127 Å². The van der Waals surface area contributed by atoms with Gasteiger partial charge in [-0.3, -0.25) is 4.90 Å². The molecule has 1 aromatic heterocycles. The molecule has 1 aliphatic rings. The molecule has 2 heterocycles. The molecule has 0 aromatic carbocycles. The van der Waals surface area contributed by atoms with Crippen LogP contribution in [0.5, 0.6) is 0 Å². The van der Waals surface area contributed by atoms with Crippen LogP contribution in [0.15, 0.2) is 4.52 Å². The van der Waals surface area contributed by atoms with Crippen molar-refractivity contribution in [1.82, 2.24) is 15.0 Å². The summed E-state index contributed by atoms with van der Waals surface area (Å²) >= 11 is 0. The first kappa shape index (κ1) is 16.4. The van der Waals surface area contributed by atoms with Crippen molar-refractivity contribution in [1.29, 1.82) is 0 Å². The minimum absolute atomic E-state index is 0.133. The van der Waals surface area contributed by atoms with Crippen LogP contribution in [-0.2, 0) is 13.0 Å². The predicted molar refractivity (Wildman–Crippen MR) is 81.8 cm³/mol. The van der Waals surface area contributed by atoms with E-state index in [-0.39, 0.29) is 5.41 Å². The van der Waals surface area contributed by atoms with E-state index in [2.05, 4.69) is 35.8 Å². The number of piperidine rings is 1. The summed E-state index contributed by atoms with van der Waals surface area (Å²) in [5.41, 5.74) is 0.133. The van der Waals surface area contributed by atoms with Gasteiger partial charge in [-0.25, -0.2) is 0 Å². The van der Waals surface area contributed by atoms with Crippen LogP contribution in [0, 0.1) is 11.3 Å². The lowest BCUT2D eigenvalue weighted by molar-refractivity contribution is 0.0348. The van der Waals surface area contributed by atoms with Crippen molar-refractivity contribution in [2.45, 2.75) is 59.4 Å². The molecule has 21 heavy (non-hydrogen) atoms. The normalized spacial score (nSPS) is 19.3. The maximum atomic E-state index is 9.57. The molecule has 120 valence electrons. The standard InChI is InChI=1S/C16H29N3O2/c1-4-16(12-20)7-9-19(10-8-16)11-15-17-14(18-21-15)6-5-13(2)3/h13,20H,4-12H2,1-3H3. The van der Waals surface area contributed by atoms with Crippen molar-refractivity contribution in [3.63, 3.8) is 0 Å². The summed E-state index contributed by atoms with van der Waals surface area (Å²) in [6.45, 7) is 9.62. The summed E-state index contributed by atoms with van der Waals surface area (Å²) in [7, 11) is 0. The summed E-state index contributed by atoms with van der Waals surface area (Å²) in [5, 5.41) is 13.6. The fourth-order valence-electron chi connectivity index (χ4n) is 2.87. The highest BCUT2D eigenvalue weighted by Gasteiger charge is 2.32. The third-order valence-corrected chi connectivity index (χ3v) is 4.82. The summed E-state index contributed by atoms with van der Waals surface area (Å²) in [6.07, 6.45) is 5.14. The Kier molecular flexibility index (Phi) is 5.76. The van der Waals surface area contributed by atoms with E-state index in [1.807, 2.05) is 0 Å². The number of likely N-dealkylation sites (tertiary alicyclic amines) is 1. The van der Waals surface area contributed by atoms with Crippen molar-refractivity contribution < 1.29 is 9.63 Å². The van der Waals surface area contributed by atoms with Crippen LogP contribution < -0.4 is 0 Å². The lowest BCUT2D eigenvalue weighted by Gasteiger charge is -2.39. The highest BCUT2D eigenvalue weighted by Crippen LogP contribution is 2.34. The highest BCUT2D eigenvalue weighted by atomic mass is 16.5. The lowest BCUT2D eigenvalue weighted by atomic mass is 9.77. The molecular weight excluding hydrogens is 266 g/mol. The van der Waals surface area contributed by atoms with Crippen LogP contribution in [0.25, 0.3) is 0 Å². The Bertz CT molecular complexity index is 417. The van der Waals surface area contributed by atoms with Gasteiger partial charge in [-0.15, -0.1) is 0 Å². The molecule has 1 fully saturated rings. The molecule has 1 aliphatic heterocycles. The Morgan fingerprint density at radius 1 is 1.33 bits per heavy atom. The predicted octanol–water partition coefficient (Wildman–Crippen LogP) is 2.64. The second kappa shape index (κ2) is 7.36. The summed E-state index contributed by atoms with van der Waals surface area (Å²) < 4.78 is 5.35. The number of hydrogen-bond donors (Lipinski definition) is 1. The van der Waals surface area contributed by atoms with E-state index in [4.69, 9.17) is 4.52 Å². The molecule has 0 bridgehead atoms. The number of aryl methyl sites for hydroxylation is 1. The molecule has 2 rings (SSSR count). The van der Waals surface area contributed by atoms with Gasteiger partial charge in [0.15, 0.2) is 5.82 Å². The fraction of sp³-hybridized carbons (Fsp3) is 0.875. The maximum Gasteiger partial charge on any atom is 0.240 e. The zero-order valence-corrected chi connectivity index (χ0v) is 13.6. The average molecular weight is 295 g/mol. The molecular formula is C16H29N3O2. The van der Waals surface area contributed by atoms with Gasteiger partial charge in [-0.1, -0.05) is 25.9 Å². The first-order valence-electron chi connectivity index (χ1n) is 8.21. The molecule has 0 aliphatic carbocycles. The molecule has 5 nitrogen and oxygen atoms in total. The van der Waals surface area contributed by atoms with Gasteiger partial charge in [0.1, 0.15) is 0 Å². The molecule has 0 saturated carbocycles. The first-order valence-corrected chi connectivity index (χ1v) is 8.21. The SMILES string of the molecule is CCC1(CO)CCN(Cc2nc(CCC(C)C)no2)CC1. The van der Waals surface area contributed by atoms with Crippen molar-refractivity contribution >= 4 is 0 Å². The minimum Gasteiger partial charge on any atom is -0.396 e. The van der Waals surface area contributed by atoms with Gasteiger partial charge in [0, 0.05) is 13.0 Å². The van der Waals surface area contributed by atoms with Crippen LogP contribution in [-0.4, -0.2) is 39.8 Å². The van der Waals surface area contributed by atoms with E-state index in [0.717, 1.165) is 63.5 Å². The monoisotopic (exact) mass is 295 g/mol. The van der Waals surface area contributed by atoms with Crippen LogP contribution in [0.2, 0.25) is 0 Å². The van der Waals surface area contributed by atoms with Crippen molar-refractivity contribution in [2.24, 2.45) is 11.3 Å². The highest BCUT2D eigenvalue weighted by molar-refractivity contribution is 4.90. The smallest absolute Gasteiger partial charge is 0.240 e. The molecule has 5 heteroatoms. The Morgan fingerprint density at radius 3 is 2.62 bits per heavy atom. The van der Waals surface area contributed by atoms with Crippen molar-refractivity contribution in [2.75, 3.05) is 19.7 Å². The topological polar surface area (TPSA) is 62.4 Å². The van der Waals surface area contributed by atoms with Gasteiger partial charge in [-0.05, 0) is 50.1 Å². The van der Waals surface area contributed by atoms with E-state index < -0.39 is 0 Å². The van der Waals surface area contributed by atoms with Crippen LogP contribution in [0.1, 0.15) is 58.2 Å².